The quantitative estimate of drug-likeness (QED) is 0.786. The van der Waals surface area contributed by atoms with E-state index in [0.29, 0.717) is 24.0 Å². The average Bonchev–Trinajstić information content (AvgIpc) is 2.31. The van der Waals surface area contributed by atoms with Crippen molar-refractivity contribution in [2.24, 2.45) is 0 Å². The molecule has 0 aliphatic rings. The zero-order valence-electron chi connectivity index (χ0n) is 10.4. The van der Waals surface area contributed by atoms with Crippen molar-refractivity contribution in [3.8, 4) is 0 Å². The Morgan fingerprint density at radius 3 is 2.82 bits per heavy atom. The predicted octanol–water partition coefficient (Wildman–Crippen LogP) is 3.13. The van der Waals surface area contributed by atoms with Gasteiger partial charge >= 0.3 is 0 Å². The highest BCUT2D eigenvalue weighted by Crippen LogP contribution is 2.22. The standard InChI is InChI=1S/C12H18ClFN2O/c1-4-9(2)16(5-6-17-3)12-11(14)7-10(13)8-15-12/h7-9H,4-6H2,1-3H3. The second-order valence-corrected chi connectivity index (χ2v) is 4.34. The summed E-state index contributed by atoms with van der Waals surface area (Å²) in [5.74, 6) is -0.0605. The summed E-state index contributed by atoms with van der Waals surface area (Å²) < 4.78 is 18.8. The molecule has 0 aliphatic carbocycles. The number of aromatic nitrogens is 1. The first-order chi connectivity index (χ1) is 8.10. The van der Waals surface area contributed by atoms with Crippen molar-refractivity contribution in [2.75, 3.05) is 25.2 Å². The molecule has 0 saturated carbocycles. The number of hydrogen-bond donors (Lipinski definition) is 0. The minimum atomic E-state index is -0.395. The maximum atomic E-state index is 13.8. The molecule has 5 heteroatoms. The molecule has 1 unspecified atom stereocenters. The molecule has 1 aromatic rings. The molecule has 0 aliphatic heterocycles. The third-order valence-corrected chi connectivity index (χ3v) is 2.93. The number of anilines is 1. The van der Waals surface area contributed by atoms with Gasteiger partial charge in [0.2, 0.25) is 0 Å². The predicted molar refractivity (Wildman–Crippen MR) is 68.2 cm³/mol. The number of rotatable bonds is 6. The van der Waals surface area contributed by atoms with Crippen LogP contribution >= 0.6 is 11.6 Å². The van der Waals surface area contributed by atoms with Crippen LogP contribution in [0.2, 0.25) is 5.02 Å². The molecule has 0 bridgehead atoms. The zero-order chi connectivity index (χ0) is 12.8. The molecule has 0 fully saturated rings. The van der Waals surface area contributed by atoms with Gasteiger partial charge in [0.1, 0.15) is 0 Å². The molecule has 0 amide bonds. The Kier molecular flexibility index (Phi) is 5.65. The Morgan fingerprint density at radius 1 is 1.59 bits per heavy atom. The van der Waals surface area contributed by atoms with Crippen LogP contribution in [0.5, 0.6) is 0 Å². The van der Waals surface area contributed by atoms with Gasteiger partial charge in [-0.25, -0.2) is 9.37 Å². The number of pyridine rings is 1. The lowest BCUT2D eigenvalue weighted by Crippen LogP contribution is -2.36. The van der Waals surface area contributed by atoms with Gasteiger partial charge in [-0.15, -0.1) is 0 Å². The maximum absolute atomic E-state index is 13.8. The van der Waals surface area contributed by atoms with Gasteiger partial charge in [-0.1, -0.05) is 18.5 Å². The van der Waals surface area contributed by atoms with Crippen molar-refractivity contribution in [3.63, 3.8) is 0 Å². The third-order valence-electron chi connectivity index (χ3n) is 2.72. The van der Waals surface area contributed by atoms with Crippen LogP contribution in [0.3, 0.4) is 0 Å². The summed E-state index contributed by atoms with van der Waals surface area (Å²) in [7, 11) is 1.63. The first-order valence-electron chi connectivity index (χ1n) is 5.66. The van der Waals surface area contributed by atoms with Gasteiger partial charge < -0.3 is 9.64 Å². The van der Waals surface area contributed by atoms with Gasteiger partial charge in [0.05, 0.1) is 11.6 Å². The van der Waals surface area contributed by atoms with Gasteiger partial charge in [-0.3, -0.25) is 0 Å². The topological polar surface area (TPSA) is 25.4 Å². The molecular formula is C12H18ClFN2O. The summed E-state index contributed by atoms with van der Waals surface area (Å²) in [6, 6.07) is 1.49. The Morgan fingerprint density at radius 2 is 2.29 bits per heavy atom. The van der Waals surface area contributed by atoms with Crippen molar-refractivity contribution in [2.45, 2.75) is 26.3 Å². The molecule has 17 heavy (non-hydrogen) atoms. The Bertz CT molecular complexity index is 362. The smallest absolute Gasteiger partial charge is 0.167 e. The normalized spacial score (nSPS) is 12.5. The van der Waals surface area contributed by atoms with Gasteiger partial charge in [-0.2, -0.15) is 0 Å². The van der Waals surface area contributed by atoms with E-state index in [0.717, 1.165) is 6.42 Å². The molecule has 0 spiro atoms. The van der Waals surface area contributed by atoms with Gasteiger partial charge in [0.25, 0.3) is 0 Å². The molecule has 3 nitrogen and oxygen atoms in total. The minimum absolute atomic E-state index is 0.202. The average molecular weight is 261 g/mol. The second kappa shape index (κ2) is 6.77. The molecule has 0 aromatic carbocycles. The fourth-order valence-electron chi connectivity index (χ4n) is 1.56. The lowest BCUT2D eigenvalue weighted by atomic mass is 10.2. The highest BCUT2D eigenvalue weighted by Gasteiger charge is 2.18. The van der Waals surface area contributed by atoms with Crippen LogP contribution in [0.4, 0.5) is 10.2 Å². The van der Waals surface area contributed by atoms with E-state index in [9.17, 15) is 4.39 Å². The molecule has 1 rings (SSSR count). The first-order valence-corrected chi connectivity index (χ1v) is 6.04. The summed E-state index contributed by atoms with van der Waals surface area (Å²) in [6.07, 6.45) is 2.37. The number of methoxy groups -OCH3 is 1. The number of halogens is 2. The Hall–Kier alpha value is -0.870. The minimum Gasteiger partial charge on any atom is -0.383 e. The maximum Gasteiger partial charge on any atom is 0.167 e. The van der Waals surface area contributed by atoms with Crippen molar-refractivity contribution in [1.82, 2.24) is 4.98 Å². The van der Waals surface area contributed by atoms with E-state index in [4.69, 9.17) is 16.3 Å². The van der Waals surface area contributed by atoms with Crippen LogP contribution in [0.25, 0.3) is 0 Å². The Labute approximate surface area is 107 Å². The molecule has 96 valence electrons. The molecule has 0 saturated heterocycles. The fraction of sp³-hybridized carbons (Fsp3) is 0.583. The molecular weight excluding hydrogens is 243 g/mol. The third kappa shape index (κ3) is 3.82. The van der Waals surface area contributed by atoms with E-state index in [1.807, 2.05) is 11.8 Å². The summed E-state index contributed by atoms with van der Waals surface area (Å²) in [4.78, 5) is 5.96. The van der Waals surface area contributed by atoms with Crippen molar-refractivity contribution in [1.29, 1.82) is 0 Å². The van der Waals surface area contributed by atoms with Gasteiger partial charge in [-0.05, 0) is 19.4 Å². The van der Waals surface area contributed by atoms with E-state index in [2.05, 4.69) is 11.9 Å². The first kappa shape index (κ1) is 14.2. The number of nitrogens with zero attached hydrogens (tertiary/aromatic N) is 2. The van der Waals surface area contributed by atoms with Crippen LogP contribution in [0.1, 0.15) is 20.3 Å². The molecule has 1 aromatic heterocycles. The van der Waals surface area contributed by atoms with Crippen molar-refractivity contribution in [3.05, 3.63) is 23.1 Å². The number of ether oxygens (including phenoxy) is 1. The van der Waals surface area contributed by atoms with E-state index in [1.54, 1.807) is 7.11 Å². The largest absolute Gasteiger partial charge is 0.383 e. The lowest BCUT2D eigenvalue weighted by molar-refractivity contribution is 0.203. The van der Waals surface area contributed by atoms with Gasteiger partial charge in [0, 0.05) is 25.9 Å². The molecule has 1 atom stereocenters. The van der Waals surface area contributed by atoms with Crippen LogP contribution in [0.15, 0.2) is 12.3 Å². The lowest BCUT2D eigenvalue weighted by Gasteiger charge is -2.29. The monoisotopic (exact) mass is 260 g/mol. The highest BCUT2D eigenvalue weighted by molar-refractivity contribution is 6.30. The highest BCUT2D eigenvalue weighted by atomic mass is 35.5. The molecule has 0 radical (unpaired) electrons. The molecule has 0 N–H and O–H groups in total. The summed E-state index contributed by atoms with van der Waals surface area (Å²) in [6.45, 7) is 5.23. The number of hydrogen-bond acceptors (Lipinski definition) is 3. The van der Waals surface area contributed by atoms with Crippen molar-refractivity contribution >= 4 is 17.4 Å². The second-order valence-electron chi connectivity index (χ2n) is 3.90. The summed E-state index contributed by atoms with van der Waals surface area (Å²) in [5, 5.41) is 0.307. The van der Waals surface area contributed by atoms with Crippen LogP contribution in [-0.2, 0) is 4.74 Å². The Balaban J connectivity index is 2.95. The van der Waals surface area contributed by atoms with E-state index in [-0.39, 0.29) is 6.04 Å². The zero-order valence-corrected chi connectivity index (χ0v) is 11.2. The van der Waals surface area contributed by atoms with Crippen LogP contribution < -0.4 is 4.90 Å². The van der Waals surface area contributed by atoms with Crippen LogP contribution in [-0.4, -0.2) is 31.3 Å². The van der Waals surface area contributed by atoms with Crippen molar-refractivity contribution < 1.29 is 9.13 Å². The van der Waals surface area contributed by atoms with E-state index >= 15 is 0 Å². The van der Waals surface area contributed by atoms with E-state index in [1.165, 1.54) is 12.3 Å². The summed E-state index contributed by atoms with van der Waals surface area (Å²) in [5.41, 5.74) is 0. The SMILES string of the molecule is CCC(C)N(CCOC)c1ncc(Cl)cc1F. The van der Waals surface area contributed by atoms with Gasteiger partial charge in [0.15, 0.2) is 11.6 Å². The molecule has 1 heterocycles. The van der Waals surface area contributed by atoms with Crippen LogP contribution in [0, 0.1) is 5.82 Å². The summed E-state index contributed by atoms with van der Waals surface area (Å²) >= 11 is 5.69. The fourth-order valence-corrected chi connectivity index (χ4v) is 1.71. The van der Waals surface area contributed by atoms with E-state index < -0.39 is 5.82 Å².